The predicted molar refractivity (Wildman–Crippen MR) is 73.9 cm³/mol. The van der Waals surface area contributed by atoms with Gasteiger partial charge in [0.1, 0.15) is 29.6 Å². The van der Waals surface area contributed by atoms with Crippen LogP contribution in [0.4, 0.5) is 0 Å². The molecule has 21 heavy (non-hydrogen) atoms. The average molecular weight is 286 g/mol. The summed E-state index contributed by atoms with van der Waals surface area (Å²) in [4.78, 5) is 0. The van der Waals surface area contributed by atoms with Gasteiger partial charge in [0.05, 0.1) is 7.11 Å². The van der Waals surface area contributed by atoms with Crippen LogP contribution >= 0.6 is 0 Å². The first kappa shape index (κ1) is 12.3. The van der Waals surface area contributed by atoms with Gasteiger partial charge in [-0.1, -0.05) is 0 Å². The molecule has 4 rings (SSSR count). The Labute approximate surface area is 121 Å². The standard InChI is InChI=1S/C16H14O5/c1-19-10-3-5-12-14(7-10)21-15-11-4-2-9(17)6-13(11)20-8-16(12,15)18/h2-7,15,17-18H,8H2,1H3/t15-,16-/m1/s1. The van der Waals surface area contributed by atoms with E-state index in [0.717, 1.165) is 5.56 Å². The summed E-state index contributed by atoms with van der Waals surface area (Å²) in [5.41, 5.74) is 0.176. The molecule has 2 aromatic carbocycles. The van der Waals surface area contributed by atoms with Crippen LogP contribution in [0.3, 0.4) is 0 Å². The highest BCUT2D eigenvalue weighted by atomic mass is 16.5. The van der Waals surface area contributed by atoms with Crippen molar-refractivity contribution in [2.24, 2.45) is 0 Å². The van der Waals surface area contributed by atoms with Crippen LogP contribution < -0.4 is 14.2 Å². The minimum Gasteiger partial charge on any atom is -0.508 e. The number of benzene rings is 2. The van der Waals surface area contributed by atoms with Crippen molar-refractivity contribution in [3.05, 3.63) is 47.5 Å². The quantitative estimate of drug-likeness (QED) is 0.840. The Bertz CT molecular complexity index is 727. The predicted octanol–water partition coefficient (Wildman–Crippen LogP) is 2.11. The molecular formula is C16H14O5. The van der Waals surface area contributed by atoms with E-state index in [2.05, 4.69) is 0 Å². The van der Waals surface area contributed by atoms with Crippen LogP contribution in [0.1, 0.15) is 17.2 Å². The molecule has 0 saturated carbocycles. The number of rotatable bonds is 1. The number of aliphatic hydroxyl groups is 1. The van der Waals surface area contributed by atoms with E-state index in [-0.39, 0.29) is 12.4 Å². The molecule has 2 aromatic rings. The second-order valence-electron chi connectivity index (χ2n) is 5.30. The summed E-state index contributed by atoms with van der Waals surface area (Å²) in [6.45, 7) is 0.0768. The Morgan fingerprint density at radius 2 is 2.05 bits per heavy atom. The van der Waals surface area contributed by atoms with Gasteiger partial charge >= 0.3 is 0 Å². The third kappa shape index (κ3) is 1.61. The third-order valence-corrected chi connectivity index (χ3v) is 4.06. The van der Waals surface area contributed by atoms with Crippen molar-refractivity contribution < 1.29 is 24.4 Å². The fourth-order valence-corrected chi connectivity index (χ4v) is 2.98. The molecule has 2 atom stereocenters. The molecule has 2 aliphatic heterocycles. The molecule has 5 heteroatoms. The summed E-state index contributed by atoms with van der Waals surface area (Å²) in [5.74, 6) is 1.91. The van der Waals surface area contributed by atoms with Crippen LogP contribution in [0, 0.1) is 0 Å². The number of ether oxygens (including phenoxy) is 3. The number of phenols is 1. The lowest BCUT2D eigenvalue weighted by Gasteiger charge is -2.34. The van der Waals surface area contributed by atoms with Crippen molar-refractivity contribution in [3.8, 4) is 23.0 Å². The minimum atomic E-state index is -1.23. The highest BCUT2D eigenvalue weighted by Crippen LogP contribution is 2.54. The highest BCUT2D eigenvalue weighted by Gasteiger charge is 2.52. The van der Waals surface area contributed by atoms with Crippen molar-refractivity contribution in [1.29, 1.82) is 0 Å². The number of fused-ring (bicyclic) bond motifs is 5. The number of hydrogen-bond donors (Lipinski definition) is 2. The summed E-state index contributed by atoms with van der Waals surface area (Å²) < 4.78 is 16.7. The Kier molecular flexibility index (Phi) is 2.38. The van der Waals surface area contributed by atoms with Gasteiger partial charge in [0.25, 0.3) is 0 Å². The lowest BCUT2D eigenvalue weighted by atomic mass is 9.85. The monoisotopic (exact) mass is 286 g/mol. The van der Waals surface area contributed by atoms with Gasteiger partial charge in [-0.2, -0.15) is 0 Å². The maximum Gasteiger partial charge on any atom is 0.168 e. The second kappa shape index (κ2) is 4.05. The van der Waals surface area contributed by atoms with Crippen LogP contribution in [0.15, 0.2) is 36.4 Å². The summed E-state index contributed by atoms with van der Waals surface area (Å²) in [5, 5.41) is 20.5. The normalized spacial score (nSPS) is 25.1. The Hall–Kier alpha value is -2.40. The molecule has 0 unspecified atom stereocenters. The maximum absolute atomic E-state index is 11.0. The van der Waals surface area contributed by atoms with E-state index in [9.17, 15) is 10.2 Å². The molecule has 5 nitrogen and oxygen atoms in total. The molecule has 0 amide bonds. The van der Waals surface area contributed by atoms with Gasteiger partial charge in [-0.05, 0) is 24.3 Å². The zero-order chi connectivity index (χ0) is 14.6. The fraction of sp³-hybridized carbons (Fsp3) is 0.250. The Morgan fingerprint density at radius 1 is 1.19 bits per heavy atom. The highest BCUT2D eigenvalue weighted by molar-refractivity contribution is 5.53. The van der Waals surface area contributed by atoms with Gasteiger partial charge in [-0.15, -0.1) is 0 Å². The number of hydrogen-bond acceptors (Lipinski definition) is 5. The zero-order valence-electron chi connectivity index (χ0n) is 11.4. The molecule has 2 aliphatic rings. The van der Waals surface area contributed by atoms with E-state index in [1.165, 1.54) is 6.07 Å². The molecule has 0 aliphatic carbocycles. The Morgan fingerprint density at radius 3 is 2.86 bits per heavy atom. The molecule has 0 bridgehead atoms. The molecule has 0 radical (unpaired) electrons. The van der Waals surface area contributed by atoms with Crippen LogP contribution in [0.2, 0.25) is 0 Å². The van der Waals surface area contributed by atoms with Crippen LogP contribution in [0.5, 0.6) is 23.0 Å². The number of phenolic OH excluding ortho intramolecular Hbond substituents is 1. The van der Waals surface area contributed by atoms with Gasteiger partial charge in [0.2, 0.25) is 0 Å². The van der Waals surface area contributed by atoms with E-state index in [4.69, 9.17) is 14.2 Å². The van der Waals surface area contributed by atoms with E-state index < -0.39 is 11.7 Å². The maximum atomic E-state index is 11.0. The SMILES string of the molecule is COc1ccc2c(c1)O[C@@H]1c3ccc(O)cc3OC[C@@]21O. The molecule has 2 heterocycles. The topological polar surface area (TPSA) is 68.2 Å². The smallest absolute Gasteiger partial charge is 0.168 e. The lowest BCUT2D eigenvalue weighted by molar-refractivity contribution is -0.0864. The molecule has 2 N–H and O–H groups in total. The van der Waals surface area contributed by atoms with Crippen LogP contribution in [0.25, 0.3) is 0 Å². The average Bonchev–Trinajstić information content (AvgIpc) is 2.79. The van der Waals surface area contributed by atoms with Crippen molar-refractivity contribution >= 4 is 0 Å². The minimum absolute atomic E-state index is 0.0768. The lowest BCUT2D eigenvalue weighted by Crippen LogP contribution is -2.41. The molecule has 0 fully saturated rings. The first-order chi connectivity index (χ1) is 10.1. The molecule has 108 valence electrons. The number of methoxy groups -OCH3 is 1. The van der Waals surface area contributed by atoms with Crippen molar-refractivity contribution in [3.63, 3.8) is 0 Å². The van der Waals surface area contributed by atoms with Crippen LogP contribution in [-0.2, 0) is 5.60 Å². The van der Waals surface area contributed by atoms with E-state index in [1.54, 1.807) is 37.4 Å². The first-order valence-electron chi connectivity index (χ1n) is 6.65. The first-order valence-corrected chi connectivity index (χ1v) is 6.65. The van der Waals surface area contributed by atoms with Gasteiger partial charge < -0.3 is 24.4 Å². The van der Waals surface area contributed by atoms with E-state index >= 15 is 0 Å². The summed E-state index contributed by atoms with van der Waals surface area (Å²) in [6.07, 6.45) is -0.552. The van der Waals surface area contributed by atoms with Gasteiger partial charge in [0.15, 0.2) is 11.7 Å². The van der Waals surface area contributed by atoms with Gasteiger partial charge in [-0.25, -0.2) is 0 Å². The van der Waals surface area contributed by atoms with Gasteiger partial charge in [-0.3, -0.25) is 0 Å². The molecule has 0 saturated heterocycles. The molecule has 0 aromatic heterocycles. The van der Waals surface area contributed by atoms with E-state index in [0.29, 0.717) is 22.8 Å². The van der Waals surface area contributed by atoms with E-state index in [1.807, 2.05) is 0 Å². The zero-order valence-corrected chi connectivity index (χ0v) is 11.4. The largest absolute Gasteiger partial charge is 0.508 e. The van der Waals surface area contributed by atoms with Crippen molar-refractivity contribution in [2.75, 3.05) is 13.7 Å². The van der Waals surface area contributed by atoms with Crippen molar-refractivity contribution in [1.82, 2.24) is 0 Å². The number of aromatic hydroxyl groups is 1. The van der Waals surface area contributed by atoms with Gasteiger partial charge in [0, 0.05) is 23.3 Å². The Balaban J connectivity index is 1.84. The van der Waals surface area contributed by atoms with Crippen LogP contribution in [-0.4, -0.2) is 23.9 Å². The fourth-order valence-electron chi connectivity index (χ4n) is 2.98. The van der Waals surface area contributed by atoms with Crippen molar-refractivity contribution in [2.45, 2.75) is 11.7 Å². The molecule has 0 spiro atoms. The summed E-state index contributed by atoms with van der Waals surface area (Å²) in [6, 6.07) is 10.1. The third-order valence-electron chi connectivity index (χ3n) is 4.06. The second-order valence-corrected chi connectivity index (χ2v) is 5.30. The molecular weight excluding hydrogens is 272 g/mol. The summed E-state index contributed by atoms with van der Waals surface area (Å²) in [7, 11) is 1.58. The summed E-state index contributed by atoms with van der Waals surface area (Å²) >= 11 is 0.